The maximum atomic E-state index is 12.3. The van der Waals surface area contributed by atoms with Crippen LogP contribution in [0, 0.1) is 5.92 Å². The molecule has 1 aromatic rings. The van der Waals surface area contributed by atoms with Crippen molar-refractivity contribution < 1.29 is 18.8 Å². The third-order valence-corrected chi connectivity index (χ3v) is 5.09. The van der Waals surface area contributed by atoms with E-state index in [4.69, 9.17) is 4.42 Å². The largest absolute Gasteiger partial charge is 0.467 e. The Labute approximate surface area is 153 Å². The molecule has 0 spiro atoms. The molecule has 3 amide bonds. The Bertz CT molecular complexity index is 629. The van der Waals surface area contributed by atoms with Crippen LogP contribution in [0.2, 0.25) is 0 Å². The van der Waals surface area contributed by atoms with Crippen molar-refractivity contribution in [1.29, 1.82) is 0 Å². The van der Waals surface area contributed by atoms with E-state index in [1.807, 2.05) is 11.0 Å². The summed E-state index contributed by atoms with van der Waals surface area (Å²) in [5.41, 5.74) is 0. The highest BCUT2D eigenvalue weighted by molar-refractivity contribution is 5.89. The average molecular weight is 361 g/mol. The Morgan fingerprint density at radius 1 is 1.19 bits per heavy atom. The van der Waals surface area contributed by atoms with E-state index in [2.05, 4.69) is 5.32 Å². The van der Waals surface area contributed by atoms with Crippen LogP contribution in [0.3, 0.4) is 0 Å². The summed E-state index contributed by atoms with van der Waals surface area (Å²) in [5, 5.41) is 2.92. The van der Waals surface area contributed by atoms with E-state index in [1.54, 1.807) is 17.2 Å². The highest BCUT2D eigenvalue weighted by Gasteiger charge is 2.34. The molecule has 26 heavy (non-hydrogen) atoms. The van der Waals surface area contributed by atoms with Gasteiger partial charge in [-0.2, -0.15) is 0 Å². The second kappa shape index (κ2) is 8.87. The average Bonchev–Trinajstić information content (AvgIpc) is 3.21. The second-order valence-electron chi connectivity index (χ2n) is 7.09. The Morgan fingerprint density at radius 3 is 2.88 bits per heavy atom. The van der Waals surface area contributed by atoms with Gasteiger partial charge in [0.2, 0.25) is 17.7 Å². The number of hydrogen-bond acceptors (Lipinski definition) is 4. The van der Waals surface area contributed by atoms with E-state index in [9.17, 15) is 14.4 Å². The van der Waals surface area contributed by atoms with Gasteiger partial charge in [0, 0.05) is 39.0 Å². The summed E-state index contributed by atoms with van der Waals surface area (Å²) in [5.74, 6) is 0.543. The first-order chi connectivity index (χ1) is 12.6. The number of carbonyl (C=O) groups excluding carboxylic acids is 3. The number of hydrogen-bond donors (Lipinski definition) is 1. The first kappa shape index (κ1) is 18.5. The minimum absolute atomic E-state index is 0.0169. The van der Waals surface area contributed by atoms with Gasteiger partial charge in [-0.15, -0.1) is 0 Å². The predicted molar refractivity (Wildman–Crippen MR) is 94.9 cm³/mol. The van der Waals surface area contributed by atoms with Gasteiger partial charge in [0.25, 0.3) is 0 Å². The summed E-state index contributed by atoms with van der Waals surface area (Å²) in [7, 11) is 0. The molecule has 142 valence electrons. The molecular formula is C19H27N3O4. The van der Waals surface area contributed by atoms with Crippen molar-refractivity contribution in [2.45, 2.75) is 45.1 Å². The SMILES string of the molecule is O=C(NCCCN1CCCCCC1=O)C1CC(=O)N(Cc2ccco2)C1. The summed E-state index contributed by atoms with van der Waals surface area (Å²) in [6.07, 6.45) is 6.37. The van der Waals surface area contributed by atoms with Crippen LogP contribution < -0.4 is 5.32 Å². The van der Waals surface area contributed by atoms with E-state index in [0.29, 0.717) is 32.6 Å². The van der Waals surface area contributed by atoms with Crippen molar-refractivity contribution in [2.75, 3.05) is 26.2 Å². The Balaban J connectivity index is 1.37. The molecule has 1 atom stereocenters. The highest BCUT2D eigenvalue weighted by Crippen LogP contribution is 2.20. The van der Waals surface area contributed by atoms with E-state index in [0.717, 1.165) is 38.0 Å². The first-order valence-corrected chi connectivity index (χ1v) is 9.49. The molecule has 7 heteroatoms. The monoisotopic (exact) mass is 361 g/mol. The smallest absolute Gasteiger partial charge is 0.225 e. The minimum atomic E-state index is -0.308. The van der Waals surface area contributed by atoms with Crippen molar-refractivity contribution in [3.63, 3.8) is 0 Å². The molecule has 1 unspecified atom stereocenters. The molecule has 3 heterocycles. The Morgan fingerprint density at radius 2 is 2.08 bits per heavy atom. The molecule has 1 N–H and O–H groups in total. The number of amides is 3. The van der Waals surface area contributed by atoms with E-state index >= 15 is 0 Å². The Hall–Kier alpha value is -2.31. The van der Waals surface area contributed by atoms with Crippen LogP contribution in [0.15, 0.2) is 22.8 Å². The van der Waals surface area contributed by atoms with Crippen LogP contribution in [0.5, 0.6) is 0 Å². The van der Waals surface area contributed by atoms with Gasteiger partial charge in [-0.05, 0) is 31.4 Å². The number of rotatable bonds is 7. The molecule has 0 bridgehead atoms. The first-order valence-electron chi connectivity index (χ1n) is 9.49. The van der Waals surface area contributed by atoms with E-state index in [-0.39, 0.29) is 30.1 Å². The summed E-state index contributed by atoms with van der Waals surface area (Å²) < 4.78 is 5.27. The fourth-order valence-corrected chi connectivity index (χ4v) is 3.59. The lowest BCUT2D eigenvalue weighted by Crippen LogP contribution is -2.36. The van der Waals surface area contributed by atoms with Gasteiger partial charge >= 0.3 is 0 Å². The fraction of sp³-hybridized carbons (Fsp3) is 0.632. The lowest BCUT2D eigenvalue weighted by Gasteiger charge is -2.20. The molecule has 0 aliphatic carbocycles. The summed E-state index contributed by atoms with van der Waals surface area (Å²) in [6.45, 7) is 2.88. The van der Waals surface area contributed by atoms with Crippen LogP contribution in [0.4, 0.5) is 0 Å². The summed E-state index contributed by atoms with van der Waals surface area (Å²) >= 11 is 0. The van der Waals surface area contributed by atoms with Crippen LogP contribution >= 0.6 is 0 Å². The third kappa shape index (κ3) is 4.86. The number of furan rings is 1. The van der Waals surface area contributed by atoms with Gasteiger partial charge in [-0.3, -0.25) is 14.4 Å². The standard InChI is InChI=1S/C19H27N3O4/c23-17-7-2-1-3-9-21(17)10-5-8-20-19(25)15-12-18(24)22(13-15)14-16-6-4-11-26-16/h4,6,11,15H,1-3,5,7-10,12-14H2,(H,20,25). The van der Waals surface area contributed by atoms with Gasteiger partial charge in [0.1, 0.15) is 5.76 Å². The lowest BCUT2D eigenvalue weighted by molar-refractivity contribution is -0.131. The number of carbonyl (C=O) groups is 3. The molecule has 7 nitrogen and oxygen atoms in total. The topological polar surface area (TPSA) is 82.9 Å². The Kier molecular flexibility index (Phi) is 6.30. The van der Waals surface area contributed by atoms with Gasteiger partial charge in [-0.1, -0.05) is 6.42 Å². The van der Waals surface area contributed by atoms with Crippen LogP contribution in [0.1, 0.15) is 44.3 Å². The minimum Gasteiger partial charge on any atom is -0.467 e. The van der Waals surface area contributed by atoms with Gasteiger partial charge in [0.05, 0.1) is 18.7 Å². The van der Waals surface area contributed by atoms with Crippen LogP contribution in [-0.4, -0.2) is 53.7 Å². The molecule has 2 saturated heterocycles. The number of nitrogens with zero attached hydrogens (tertiary/aromatic N) is 2. The molecule has 2 aliphatic rings. The summed E-state index contributed by atoms with van der Waals surface area (Å²) in [4.78, 5) is 39.9. The zero-order valence-electron chi connectivity index (χ0n) is 15.1. The van der Waals surface area contributed by atoms with Crippen molar-refractivity contribution >= 4 is 17.7 Å². The quantitative estimate of drug-likeness (QED) is 0.747. The number of likely N-dealkylation sites (tertiary alicyclic amines) is 2. The maximum Gasteiger partial charge on any atom is 0.225 e. The molecule has 0 radical (unpaired) electrons. The molecule has 1 aromatic heterocycles. The maximum absolute atomic E-state index is 12.3. The zero-order valence-corrected chi connectivity index (χ0v) is 15.1. The van der Waals surface area contributed by atoms with Gasteiger partial charge < -0.3 is 19.5 Å². The molecule has 2 aliphatic heterocycles. The van der Waals surface area contributed by atoms with Crippen LogP contribution in [-0.2, 0) is 20.9 Å². The van der Waals surface area contributed by atoms with Gasteiger partial charge in [0.15, 0.2) is 0 Å². The molecule has 0 aromatic carbocycles. The van der Waals surface area contributed by atoms with Crippen molar-refractivity contribution in [1.82, 2.24) is 15.1 Å². The van der Waals surface area contributed by atoms with Crippen molar-refractivity contribution in [3.8, 4) is 0 Å². The lowest BCUT2D eigenvalue weighted by atomic mass is 10.1. The molecule has 3 rings (SSSR count). The zero-order chi connectivity index (χ0) is 18.4. The van der Waals surface area contributed by atoms with Crippen molar-refractivity contribution in [2.24, 2.45) is 5.92 Å². The highest BCUT2D eigenvalue weighted by atomic mass is 16.3. The molecular weight excluding hydrogens is 334 g/mol. The third-order valence-electron chi connectivity index (χ3n) is 5.09. The second-order valence-corrected chi connectivity index (χ2v) is 7.09. The fourth-order valence-electron chi connectivity index (χ4n) is 3.59. The van der Waals surface area contributed by atoms with E-state index < -0.39 is 0 Å². The van der Waals surface area contributed by atoms with Crippen LogP contribution in [0.25, 0.3) is 0 Å². The van der Waals surface area contributed by atoms with Gasteiger partial charge in [-0.25, -0.2) is 0 Å². The number of nitrogens with one attached hydrogen (secondary N) is 1. The van der Waals surface area contributed by atoms with E-state index in [1.165, 1.54) is 0 Å². The predicted octanol–water partition coefficient (Wildman–Crippen LogP) is 1.54. The molecule has 2 fully saturated rings. The summed E-state index contributed by atoms with van der Waals surface area (Å²) in [6, 6.07) is 3.61. The van der Waals surface area contributed by atoms with Crippen molar-refractivity contribution in [3.05, 3.63) is 24.2 Å². The normalized spacial score (nSPS) is 21.2. The molecule has 0 saturated carbocycles.